The third kappa shape index (κ3) is 3.30. The number of aryl methyl sites for hydroxylation is 1. The van der Waals surface area contributed by atoms with Crippen LogP contribution in [-0.2, 0) is 6.54 Å². The molecule has 1 atom stereocenters. The third-order valence-corrected chi connectivity index (χ3v) is 5.30. The zero-order valence-corrected chi connectivity index (χ0v) is 14.8. The van der Waals surface area contributed by atoms with Crippen LogP contribution in [0.2, 0.25) is 0 Å². The van der Waals surface area contributed by atoms with Gasteiger partial charge in [-0.2, -0.15) is 10.1 Å². The fraction of sp³-hybridized carbons (Fsp3) is 0.647. The Kier molecular flexibility index (Phi) is 4.52. The van der Waals surface area contributed by atoms with Gasteiger partial charge >= 0.3 is 0 Å². The van der Waals surface area contributed by atoms with Gasteiger partial charge in [0.05, 0.1) is 0 Å². The maximum absolute atomic E-state index is 6.00. The van der Waals surface area contributed by atoms with Crippen LogP contribution in [0.25, 0.3) is 0 Å². The first-order valence-corrected chi connectivity index (χ1v) is 9.21. The predicted molar refractivity (Wildman–Crippen MR) is 96.7 cm³/mol. The highest BCUT2D eigenvalue weighted by Gasteiger charge is 2.26. The molecule has 4 heterocycles. The first-order chi connectivity index (χ1) is 12.2. The molecule has 2 aliphatic rings. The van der Waals surface area contributed by atoms with E-state index < -0.39 is 0 Å². The quantitative estimate of drug-likeness (QED) is 0.887. The van der Waals surface area contributed by atoms with E-state index in [0.717, 1.165) is 63.9 Å². The van der Waals surface area contributed by atoms with E-state index in [0.29, 0.717) is 5.92 Å². The van der Waals surface area contributed by atoms with Crippen LogP contribution in [0.5, 0.6) is 0 Å². The second-order valence-corrected chi connectivity index (χ2v) is 6.91. The lowest BCUT2D eigenvalue weighted by Gasteiger charge is -2.32. The summed E-state index contributed by atoms with van der Waals surface area (Å²) in [6.07, 6.45) is 6.73. The summed E-state index contributed by atoms with van der Waals surface area (Å²) in [5.41, 5.74) is 7.35. The average molecular weight is 342 g/mol. The van der Waals surface area contributed by atoms with E-state index in [1.807, 2.05) is 6.20 Å². The van der Waals surface area contributed by atoms with E-state index in [4.69, 9.17) is 10.7 Å². The van der Waals surface area contributed by atoms with Crippen LogP contribution >= 0.6 is 0 Å². The maximum atomic E-state index is 6.00. The van der Waals surface area contributed by atoms with Crippen molar-refractivity contribution in [2.75, 3.05) is 36.0 Å². The van der Waals surface area contributed by atoms with Crippen molar-refractivity contribution >= 4 is 11.9 Å². The molecular weight excluding hydrogens is 316 g/mol. The largest absolute Gasteiger partial charge is 0.341 e. The van der Waals surface area contributed by atoms with Crippen molar-refractivity contribution in [3.63, 3.8) is 0 Å². The standard InChI is InChI=1S/C17H26N8/c1-2-25-15(3-7-21-25)13-4-8-23(9-5-13)16-19-12-20-17(22-16)24-10-6-14(18)11-24/h3,7,12-14H,2,4-6,8-11,18H2,1H3. The SMILES string of the molecule is CCn1nccc1C1CCN(c2ncnc(N3CCC(N)C3)n2)CC1. The molecule has 8 nitrogen and oxygen atoms in total. The van der Waals surface area contributed by atoms with Crippen molar-refractivity contribution in [3.8, 4) is 0 Å². The van der Waals surface area contributed by atoms with Gasteiger partial charge in [0.1, 0.15) is 6.33 Å². The molecule has 0 aliphatic carbocycles. The molecule has 0 bridgehead atoms. The second kappa shape index (κ2) is 6.95. The van der Waals surface area contributed by atoms with Crippen molar-refractivity contribution in [1.29, 1.82) is 0 Å². The zero-order valence-electron chi connectivity index (χ0n) is 14.8. The molecular formula is C17H26N8. The minimum Gasteiger partial charge on any atom is -0.341 e. The average Bonchev–Trinajstić information content (AvgIpc) is 3.31. The van der Waals surface area contributed by atoms with Crippen LogP contribution in [0, 0.1) is 0 Å². The Bertz CT molecular complexity index is 706. The van der Waals surface area contributed by atoms with Gasteiger partial charge in [-0.05, 0) is 32.3 Å². The monoisotopic (exact) mass is 342 g/mol. The topological polar surface area (TPSA) is 89.0 Å². The lowest BCUT2D eigenvalue weighted by molar-refractivity contribution is 0.462. The molecule has 2 N–H and O–H groups in total. The van der Waals surface area contributed by atoms with Crippen molar-refractivity contribution in [2.24, 2.45) is 5.73 Å². The molecule has 0 aromatic carbocycles. The van der Waals surface area contributed by atoms with Crippen molar-refractivity contribution in [3.05, 3.63) is 24.3 Å². The first-order valence-electron chi connectivity index (χ1n) is 9.21. The van der Waals surface area contributed by atoms with Gasteiger partial charge in [-0.15, -0.1) is 0 Å². The summed E-state index contributed by atoms with van der Waals surface area (Å²) in [5.74, 6) is 2.11. The molecule has 2 aromatic rings. The van der Waals surface area contributed by atoms with Gasteiger partial charge in [-0.3, -0.25) is 4.68 Å². The van der Waals surface area contributed by atoms with Crippen molar-refractivity contribution in [1.82, 2.24) is 24.7 Å². The minimum atomic E-state index is 0.222. The summed E-state index contributed by atoms with van der Waals surface area (Å²) in [6.45, 7) is 6.74. The van der Waals surface area contributed by atoms with E-state index in [1.165, 1.54) is 5.69 Å². The second-order valence-electron chi connectivity index (χ2n) is 6.91. The summed E-state index contributed by atoms with van der Waals surface area (Å²) in [6, 6.07) is 2.38. The molecule has 0 saturated carbocycles. The molecule has 2 aliphatic heterocycles. The number of hydrogen-bond acceptors (Lipinski definition) is 7. The zero-order chi connectivity index (χ0) is 17.2. The normalized spacial score (nSPS) is 21.9. The Balaban J connectivity index is 1.42. The van der Waals surface area contributed by atoms with Crippen LogP contribution in [0.1, 0.15) is 37.8 Å². The summed E-state index contributed by atoms with van der Waals surface area (Å²) >= 11 is 0. The molecule has 0 amide bonds. The number of nitrogens with two attached hydrogens (primary N) is 1. The van der Waals surface area contributed by atoms with E-state index in [9.17, 15) is 0 Å². The fourth-order valence-corrected chi connectivity index (χ4v) is 3.88. The van der Waals surface area contributed by atoms with Gasteiger partial charge in [-0.1, -0.05) is 0 Å². The Morgan fingerprint density at radius 1 is 1.08 bits per heavy atom. The van der Waals surface area contributed by atoms with Crippen LogP contribution in [-0.4, -0.2) is 57.0 Å². The lowest BCUT2D eigenvalue weighted by Crippen LogP contribution is -2.35. The van der Waals surface area contributed by atoms with Gasteiger partial charge in [0, 0.05) is 56.6 Å². The highest BCUT2D eigenvalue weighted by atomic mass is 15.3. The number of hydrogen-bond donors (Lipinski definition) is 1. The molecule has 25 heavy (non-hydrogen) atoms. The number of rotatable bonds is 4. The number of aromatic nitrogens is 5. The van der Waals surface area contributed by atoms with E-state index >= 15 is 0 Å². The van der Waals surface area contributed by atoms with Crippen molar-refractivity contribution < 1.29 is 0 Å². The Hall–Kier alpha value is -2.22. The fourth-order valence-electron chi connectivity index (χ4n) is 3.88. The smallest absolute Gasteiger partial charge is 0.230 e. The van der Waals surface area contributed by atoms with Gasteiger partial charge in [0.25, 0.3) is 0 Å². The third-order valence-electron chi connectivity index (χ3n) is 5.30. The summed E-state index contributed by atoms with van der Waals surface area (Å²) in [4.78, 5) is 17.9. The summed E-state index contributed by atoms with van der Waals surface area (Å²) in [5, 5.41) is 4.40. The Morgan fingerprint density at radius 2 is 1.80 bits per heavy atom. The Labute approximate surface area is 148 Å². The molecule has 0 radical (unpaired) electrons. The number of nitrogens with zero attached hydrogens (tertiary/aromatic N) is 7. The van der Waals surface area contributed by atoms with Crippen LogP contribution in [0.4, 0.5) is 11.9 Å². The van der Waals surface area contributed by atoms with E-state index in [2.05, 4.69) is 42.5 Å². The van der Waals surface area contributed by atoms with E-state index in [1.54, 1.807) is 6.33 Å². The predicted octanol–water partition coefficient (Wildman–Crippen LogP) is 1.01. The molecule has 2 saturated heterocycles. The van der Waals surface area contributed by atoms with Crippen LogP contribution < -0.4 is 15.5 Å². The van der Waals surface area contributed by atoms with Gasteiger partial charge in [0.15, 0.2) is 0 Å². The number of piperidine rings is 1. The van der Waals surface area contributed by atoms with Crippen LogP contribution in [0.15, 0.2) is 18.6 Å². The van der Waals surface area contributed by atoms with Crippen molar-refractivity contribution in [2.45, 2.75) is 44.7 Å². The number of anilines is 2. The Morgan fingerprint density at radius 3 is 2.48 bits per heavy atom. The summed E-state index contributed by atoms with van der Waals surface area (Å²) in [7, 11) is 0. The lowest BCUT2D eigenvalue weighted by atomic mass is 9.93. The highest BCUT2D eigenvalue weighted by molar-refractivity contribution is 5.39. The molecule has 2 fully saturated rings. The first kappa shape index (κ1) is 16.3. The molecule has 4 rings (SSSR count). The van der Waals surface area contributed by atoms with Crippen LogP contribution in [0.3, 0.4) is 0 Å². The molecule has 0 spiro atoms. The van der Waals surface area contributed by atoms with Gasteiger partial charge in [-0.25, -0.2) is 9.97 Å². The summed E-state index contributed by atoms with van der Waals surface area (Å²) < 4.78 is 2.11. The van der Waals surface area contributed by atoms with E-state index in [-0.39, 0.29) is 6.04 Å². The molecule has 1 unspecified atom stereocenters. The molecule has 134 valence electrons. The minimum absolute atomic E-state index is 0.222. The highest BCUT2D eigenvalue weighted by Crippen LogP contribution is 2.29. The van der Waals surface area contributed by atoms with Gasteiger partial charge in [0.2, 0.25) is 11.9 Å². The van der Waals surface area contributed by atoms with Gasteiger partial charge < -0.3 is 15.5 Å². The molecule has 2 aromatic heterocycles. The maximum Gasteiger partial charge on any atom is 0.230 e. The molecule has 8 heteroatoms.